The van der Waals surface area contributed by atoms with Gasteiger partial charge >= 0.3 is 0 Å². The highest BCUT2D eigenvalue weighted by Gasteiger charge is 2.31. The zero-order chi connectivity index (χ0) is 13.7. The maximum absolute atomic E-state index is 12.6. The molecule has 0 radical (unpaired) electrons. The average Bonchev–Trinajstić information content (AvgIpc) is 2.71. The molecule has 4 nitrogen and oxygen atoms in total. The largest absolute Gasteiger partial charge is 0.395 e. The van der Waals surface area contributed by atoms with E-state index in [1.807, 2.05) is 11.8 Å². The van der Waals surface area contributed by atoms with Crippen molar-refractivity contribution in [3.05, 3.63) is 0 Å². The van der Waals surface area contributed by atoms with E-state index in [4.69, 9.17) is 0 Å². The summed E-state index contributed by atoms with van der Waals surface area (Å²) in [4.78, 5) is 16.8. The third kappa shape index (κ3) is 3.69. The molecule has 0 aromatic rings. The lowest BCUT2D eigenvalue weighted by Crippen LogP contribution is -2.52. The summed E-state index contributed by atoms with van der Waals surface area (Å²) in [6.45, 7) is 4.98. The van der Waals surface area contributed by atoms with Crippen molar-refractivity contribution in [1.29, 1.82) is 0 Å². The first-order valence-corrected chi connectivity index (χ1v) is 7.89. The molecule has 0 spiro atoms. The second-order valence-electron chi connectivity index (χ2n) is 5.99. The molecule has 2 fully saturated rings. The minimum absolute atomic E-state index is 0.0756. The molecule has 2 heterocycles. The first kappa shape index (κ1) is 14.8. The van der Waals surface area contributed by atoms with Crippen LogP contribution < -0.4 is 0 Å². The summed E-state index contributed by atoms with van der Waals surface area (Å²) in [5.74, 6) is 0.264. The summed E-state index contributed by atoms with van der Waals surface area (Å²) in [7, 11) is 0. The summed E-state index contributed by atoms with van der Waals surface area (Å²) in [6, 6.07) is 0.0968. The van der Waals surface area contributed by atoms with Crippen LogP contribution in [-0.2, 0) is 4.79 Å². The summed E-state index contributed by atoms with van der Waals surface area (Å²) in [5, 5.41) is 9.56. The van der Waals surface area contributed by atoms with Crippen LogP contribution in [0.25, 0.3) is 0 Å². The highest BCUT2D eigenvalue weighted by molar-refractivity contribution is 5.81. The highest BCUT2D eigenvalue weighted by Crippen LogP contribution is 2.21. The smallest absolute Gasteiger partial charge is 0.239 e. The fourth-order valence-electron chi connectivity index (χ4n) is 3.43. The van der Waals surface area contributed by atoms with Crippen LogP contribution in [0.5, 0.6) is 0 Å². The van der Waals surface area contributed by atoms with Crippen molar-refractivity contribution in [1.82, 2.24) is 9.80 Å². The van der Waals surface area contributed by atoms with Gasteiger partial charge in [-0.05, 0) is 45.6 Å². The zero-order valence-corrected chi connectivity index (χ0v) is 12.2. The predicted molar refractivity (Wildman–Crippen MR) is 75.9 cm³/mol. The van der Waals surface area contributed by atoms with Gasteiger partial charge in [0, 0.05) is 19.1 Å². The van der Waals surface area contributed by atoms with Gasteiger partial charge in [-0.25, -0.2) is 0 Å². The van der Waals surface area contributed by atoms with Crippen LogP contribution in [0.4, 0.5) is 0 Å². The fourth-order valence-corrected chi connectivity index (χ4v) is 3.43. The van der Waals surface area contributed by atoms with Gasteiger partial charge in [-0.3, -0.25) is 9.69 Å². The third-order valence-electron chi connectivity index (χ3n) is 4.66. The summed E-state index contributed by atoms with van der Waals surface area (Å²) in [5.41, 5.74) is 0. The molecule has 1 amide bonds. The predicted octanol–water partition coefficient (Wildman–Crippen LogP) is 1.62. The molecule has 0 saturated carbocycles. The van der Waals surface area contributed by atoms with Gasteiger partial charge < -0.3 is 10.0 Å². The van der Waals surface area contributed by atoms with Crippen LogP contribution in [0.15, 0.2) is 0 Å². The number of piperidine rings is 1. The van der Waals surface area contributed by atoms with Crippen molar-refractivity contribution >= 4 is 5.91 Å². The first-order valence-electron chi connectivity index (χ1n) is 7.89. The number of likely N-dealkylation sites (tertiary alicyclic amines) is 2. The van der Waals surface area contributed by atoms with Crippen LogP contribution in [0.1, 0.15) is 51.9 Å². The number of nitrogens with zero attached hydrogens (tertiary/aromatic N) is 2. The lowest BCUT2D eigenvalue weighted by atomic mass is 10.1. The maximum Gasteiger partial charge on any atom is 0.239 e. The molecule has 0 aromatic carbocycles. The van der Waals surface area contributed by atoms with E-state index in [1.54, 1.807) is 0 Å². The minimum atomic E-state index is -0.0756. The number of aliphatic hydroxyl groups is 1. The molecule has 0 aromatic heterocycles. The molecule has 2 unspecified atom stereocenters. The van der Waals surface area contributed by atoms with Gasteiger partial charge in [0.05, 0.1) is 12.6 Å². The molecule has 2 aliphatic rings. The fraction of sp³-hybridized carbons (Fsp3) is 0.933. The molecule has 4 heteroatoms. The Morgan fingerprint density at radius 3 is 2.42 bits per heavy atom. The Balaban J connectivity index is 1.98. The van der Waals surface area contributed by atoms with E-state index >= 15 is 0 Å². The number of carbonyl (C=O) groups excluding carboxylic acids is 1. The molecule has 2 rings (SSSR count). The van der Waals surface area contributed by atoms with Gasteiger partial charge in [0.15, 0.2) is 0 Å². The SMILES string of the molecule is CC(C(=O)N1CCCCC1)N1CCCCCC1CO. The summed E-state index contributed by atoms with van der Waals surface area (Å²) < 4.78 is 0. The van der Waals surface area contributed by atoms with E-state index in [0.717, 1.165) is 45.3 Å². The lowest BCUT2D eigenvalue weighted by molar-refractivity contribution is -0.138. The van der Waals surface area contributed by atoms with Gasteiger partial charge in [-0.1, -0.05) is 12.8 Å². The first-order chi connectivity index (χ1) is 9.24. The van der Waals surface area contributed by atoms with Crippen molar-refractivity contribution < 1.29 is 9.90 Å². The van der Waals surface area contributed by atoms with Gasteiger partial charge in [0.2, 0.25) is 5.91 Å². The number of carbonyl (C=O) groups is 1. The molecular weight excluding hydrogens is 240 g/mol. The van der Waals surface area contributed by atoms with Crippen LogP contribution >= 0.6 is 0 Å². The molecular formula is C15H28N2O2. The van der Waals surface area contributed by atoms with E-state index in [1.165, 1.54) is 19.3 Å². The molecule has 2 saturated heterocycles. The van der Waals surface area contributed by atoms with Gasteiger partial charge in [-0.15, -0.1) is 0 Å². The Bertz CT molecular complexity index is 290. The Morgan fingerprint density at radius 1 is 1.11 bits per heavy atom. The molecule has 0 aliphatic carbocycles. The van der Waals surface area contributed by atoms with E-state index in [9.17, 15) is 9.90 Å². The quantitative estimate of drug-likeness (QED) is 0.846. The summed E-state index contributed by atoms with van der Waals surface area (Å²) >= 11 is 0. The number of amides is 1. The Morgan fingerprint density at radius 2 is 1.74 bits per heavy atom. The number of aliphatic hydroxyl groups excluding tert-OH is 1. The number of hydrogen-bond acceptors (Lipinski definition) is 3. The molecule has 2 atom stereocenters. The van der Waals surface area contributed by atoms with Crippen molar-refractivity contribution in [2.24, 2.45) is 0 Å². The van der Waals surface area contributed by atoms with Crippen LogP contribution in [-0.4, -0.2) is 59.1 Å². The van der Waals surface area contributed by atoms with Crippen molar-refractivity contribution in [3.63, 3.8) is 0 Å². The lowest BCUT2D eigenvalue weighted by Gasteiger charge is -2.37. The normalized spacial score (nSPS) is 27.9. The molecule has 19 heavy (non-hydrogen) atoms. The van der Waals surface area contributed by atoms with Crippen molar-refractivity contribution in [2.75, 3.05) is 26.2 Å². The summed E-state index contributed by atoms with van der Waals surface area (Å²) in [6.07, 6.45) is 8.09. The van der Waals surface area contributed by atoms with Gasteiger partial charge in [0.25, 0.3) is 0 Å². The standard InChI is InChI=1S/C15H28N2O2/c1-13(15(19)16-9-5-3-6-10-16)17-11-7-2-4-8-14(17)12-18/h13-14,18H,2-12H2,1H3. The van der Waals surface area contributed by atoms with Gasteiger partial charge in [-0.2, -0.15) is 0 Å². The van der Waals surface area contributed by atoms with Gasteiger partial charge in [0.1, 0.15) is 0 Å². The van der Waals surface area contributed by atoms with Crippen LogP contribution in [0, 0.1) is 0 Å². The maximum atomic E-state index is 12.6. The monoisotopic (exact) mass is 268 g/mol. The second kappa shape index (κ2) is 7.25. The second-order valence-corrected chi connectivity index (χ2v) is 5.99. The molecule has 110 valence electrons. The molecule has 1 N–H and O–H groups in total. The minimum Gasteiger partial charge on any atom is -0.395 e. The van der Waals surface area contributed by atoms with E-state index in [-0.39, 0.29) is 24.6 Å². The third-order valence-corrected chi connectivity index (χ3v) is 4.66. The van der Waals surface area contributed by atoms with Crippen LogP contribution in [0.3, 0.4) is 0 Å². The molecule has 0 bridgehead atoms. The topological polar surface area (TPSA) is 43.8 Å². The Hall–Kier alpha value is -0.610. The van der Waals surface area contributed by atoms with E-state index in [0.29, 0.717) is 0 Å². The van der Waals surface area contributed by atoms with E-state index < -0.39 is 0 Å². The van der Waals surface area contributed by atoms with E-state index in [2.05, 4.69) is 4.90 Å². The molecule has 2 aliphatic heterocycles. The van der Waals surface area contributed by atoms with Crippen molar-refractivity contribution in [3.8, 4) is 0 Å². The average molecular weight is 268 g/mol. The van der Waals surface area contributed by atoms with Crippen molar-refractivity contribution in [2.45, 2.75) is 64.0 Å². The Labute approximate surface area is 116 Å². The number of hydrogen-bond donors (Lipinski definition) is 1. The highest BCUT2D eigenvalue weighted by atomic mass is 16.3. The number of rotatable bonds is 3. The zero-order valence-electron chi connectivity index (χ0n) is 12.2. The van der Waals surface area contributed by atoms with Crippen LogP contribution in [0.2, 0.25) is 0 Å². The Kier molecular flexibility index (Phi) is 5.64.